The molecular weight excluding hydrogens is 369 g/mol. The highest BCUT2D eigenvalue weighted by Gasteiger charge is 2.30. The normalized spacial score (nSPS) is 13.8. The molecule has 0 aliphatic carbocycles. The fourth-order valence-electron chi connectivity index (χ4n) is 3.04. The Bertz CT molecular complexity index is 1000. The van der Waals surface area contributed by atoms with E-state index >= 15 is 0 Å². The summed E-state index contributed by atoms with van der Waals surface area (Å²) in [6, 6.07) is 15.3. The molecule has 0 fully saturated rings. The lowest BCUT2D eigenvalue weighted by Gasteiger charge is -2.28. The minimum Gasteiger partial charge on any atom is -0.472 e. The highest BCUT2D eigenvalue weighted by molar-refractivity contribution is 5.99. The van der Waals surface area contributed by atoms with Crippen LogP contribution < -0.4 is 4.74 Å². The number of alkyl halides is 3. The molecule has 4 rings (SSSR count). The largest absolute Gasteiger partial charge is 0.472 e. The number of rotatable bonds is 3. The molecule has 1 amide bonds. The van der Waals surface area contributed by atoms with Gasteiger partial charge in [-0.15, -0.1) is 0 Å². The molecule has 2 heterocycles. The van der Waals surface area contributed by atoms with E-state index in [9.17, 15) is 18.0 Å². The van der Waals surface area contributed by atoms with E-state index in [1.54, 1.807) is 30.5 Å². The molecule has 1 aliphatic heterocycles. The summed E-state index contributed by atoms with van der Waals surface area (Å²) >= 11 is 0. The van der Waals surface area contributed by atoms with Gasteiger partial charge in [-0.1, -0.05) is 24.3 Å². The van der Waals surface area contributed by atoms with E-state index < -0.39 is 11.7 Å². The Labute approximate surface area is 159 Å². The molecule has 7 heteroatoms. The predicted molar refractivity (Wildman–Crippen MR) is 96.5 cm³/mol. The van der Waals surface area contributed by atoms with E-state index in [-0.39, 0.29) is 12.6 Å². The number of halogens is 3. The van der Waals surface area contributed by atoms with E-state index in [0.29, 0.717) is 29.0 Å². The lowest BCUT2D eigenvalue weighted by molar-refractivity contribution is -0.137. The fraction of sp³-hybridized carbons (Fsp3) is 0.143. The summed E-state index contributed by atoms with van der Waals surface area (Å²) in [4.78, 5) is 18.6. The summed E-state index contributed by atoms with van der Waals surface area (Å²) in [6.45, 7) is 0.422. The van der Waals surface area contributed by atoms with Gasteiger partial charge in [0.1, 0.15) is 5.75 Å². The molecule has 0 bridgehead atoms. The van der Waals surface area contributed by atoms with Crippen LogP contribution in [0, 0.1) is 0 Å². The van der Waals surface area contributed by atoms with Crippen LogP contribution >= 0.6 is 0 Å². The molecule has 142 valence electrons. The third-order valence-corrected chi connectivity index (χ3v) is 4.50. The monoisotopic (exact) mass is 384 g/mol. The van der Waals surface area contributed by atoms with Crippen molar-refractivity contribution >= 4 is 5.91 Å². The first-order chi connectivity index (χ1) is 13.4. The van der Waals surface area contributed by atoms with Crippen molar-refractivity contribution in [2.75, 3.05) is 6.73 Å². The molecule has 0 saturated heterocycles. The summed E-state index contributed by atoms with van der Waals surface area (Å²) in [6.07, 6.45) is -2.73. The molecule has 0 saturated carbocycles. The van der Waals surface area contributed by atoms with Gasteiger partial charge in [0.15, 0.2) is 6.73 Å². The summed E-state index contributed by atoms with van der Waals surface area (Å²) < 4.78 is 43.9. The van der Waals surface area contributed by atoms with Crippen LogP contribution in [0.15, 0.2) is 66.9 Å². The maximum Gasteiger partial charge on any atom is 0.416 e. The number of nitrogens with zero attached hydrogens (tertiary/aromatic N) is 2. The van der Waals surface area contributed by atoms with Crippen LogP contribution in [0.25, 0.3) is 11.1 Å². The van der Waals surface area contributed by atoms with Crippen LogP contribution in [-0.4, -0.2) is 22.5 Å². The Kier molecular flexibility index (Phi) is 4.50. The molecule has 28 heavy (non-hydrogen) atoms. The van der Waals surface area contributed by atoms with Gasteiger partial charge in [0.25, 0.3) is 5.91 Å². The van der Waals surface area contributed by atoms with E-state index in [1.165, 1.54) is 17.0 Å². The maximum absolute atomic E-state index is 12.9. The highest BCUT2D eigenvalue weighted by atomic mass is 19.4. The minimum atomic E-state index is -4.38. The topological polar surface area (TPSA) is 42.4 Å². The first kappa shape index (κ1) is 18.0. The van der Waals surface area contributed by atoms with Gasteiger partial charge in [-0.05, 0) is 47.5 Å². The molecular formula is C21H15F3N2O2. The highest BCUT2D eigenvalue weighted by Crippen LogP contribution is 2.33. The van der Waals surface area contributed by atoms with Gasteiger partial charge in [0.05, 0.1) is 23.4 Å². The average Bonchev–Trinajstić information content (AvgIpc) is 2.70. The van der Waals surface area contributed by atoms with Crippen LogP contribution in [0.4, 0.5) is 13.2 Å². The van der Waals surface area contributed by atoms with Crippen LogP contribution in [-0.2, 0) is 12.7 Å². The molecule has 0 spiro atoms. The molecule has 1 aromatic heterocycles. The number of aromatic nitrogens is 1. The van der Waals surface area contributed by atoms with Crippen molar-refractivity contribution < 1.29 is 22.7 Å². The Morgan fingerprint density at radius 1 is 1.00 bits per heavy atom. The number of benzene rings is 2. The van der Waals surface area contributed by atoms with Crippen molar-refractivity contribution in [3.8, 4) is 16.9 Å². The summed E-state index contributed by atoms with van der Waals surface area (Å²) in [5, 5.41) is 0. The average molecular weight is 384 g/mol. The van der Waals surface area contributed by atoms with Gasteiger partial charge in [0, 0.05) is 6.20 Å². The van der Waals surface area contributed by atoms with Gasteiger partial charge in [0.2, 0.25) is 0 Å². The predicted octanol–water partition coefficient (Wildman–Crippen LogP) is 4.76. The quantitative estimate of drug-likeness (QED) is 0.654. The maximum atomic E-state index is 12.9. The van der Waals surface area contributed by atoms with Gasteiger partial charge >= 0.3 is 6.18 Å². The molecule has 0 atom stereocenters. The third-order valence-electron chi connectivity index (χ3n) is 4.50. The van der Waals surface area contributed by atoms with E-state index in [4.69, 9.17) is 4.74 Å². The van der Waals surface area contributed by atoms with Gasteiger partial charge < -0.3 is 4.74 Å². The van der Waals surface area contributed by atoms with Crippen molar-refractivity contribution in [1.82, 2.24) is 9.88 Å². The second-order valence-electron chi connectivity index (χ2n) is 6.38. The molecule has 2 aromatic carbocycles. The Morgan fingerprint density at radius 3 is 2.43 bits per heavy atom. The van der Waals surface area contributed by atoms with Crippen LogP contribution in [0.1, 0.15) is 21.6 Å². The van der Waals surface area contributed by atoms with Gasteiger partial charge in [-0.25, -0.2) is 0 Å². The Morgan fingerprint density at radius 2 is 1.75 bits per heavy atom. The Balaban J connectivity index is 1.60. The fourth-order valence-corrected chi connectivity index (χ4v) is 3.04. The number of carbonyl (C=O) groups is 1. The minimum absolute atomic E-state index is 0.113. The summed E-state index contributed by atoms with van der Waals surface area (Å²) in [5.74, 6) is 0.249. The van der Waals surface area contributed by atoms with Crippen molar-refractivity contribution in [1.29, 1.82) is 0 Å². The molecule has 4 nitrogen and oxygen atoms in total. The first-order valence-corrected chi connectivity index (χ1v) is 8.55. The first-order valence-electron chi connectivity index (χ1n) is 8.55. The number of carbonyl (C=O) groups excluding carboxylic acids is 1. The molecule has 0 unspecified atom stereocenters. The number of hydrogen-bond donors (Lipinski definition) is 0. The second-order valence-corrected chi connectivity index (χ2v) is 6.38. The van der Waals surface area contributed by atoms with Crippen molar-refractivity contribution in [2.45, 2.75) is 12.7 Å². The zero-order chi connectivity index (χ0) is 19.7. The van der Waals surface area contributed by atoms with Crippen LogP contribution in [0.2, 0.25) is 0 Å². The van der Waals surface area contributed by atoms with E-state index in [0.717, 1.165) is 17.8 Å². The number of ether oxygens (including phenoxy) is 1. The zero-order valence-electron chi connectivity index (χ0n) is 14.6. The van der Waals surface area contributed by atoms with Crippen molar-refractivity contribution in [3.05, 3.63) is 83.7 Å². The SMILES string of the molecule is O=C1c2cc(-c3ccc(C(F)(F)F)cc3)ccc2OCN1Cc1ccccn1. The molecule has 0 radical (unpaired) electrons. The van der Waals surface area contributed by atoms with Gasteiger partial charge in [-0.3, -0.25) is 14.7 Å². The van der Waals surface area contributed by atoms with Crippen molar-refractivity contribution in [2.24, 2.45) is 0 Å². The van der Waals surface area contributed by atoms with Crippen LogP contribution in [0.5, 0.6) is 5.75 Å². The molecule has 0 N–H and O–H groups in total. The zero-order valence-corrected chi connectivity index (χ0v) is 14.6. The van der Waals surface area contributed by atoms with Crippen LogP contribution in [0.3, 0.4) is 0 Å². The third kappa shape index (κ3) is 3.55. The number of fused-ring (bicyclic) bond motifs is 1. The van der Waals surface area contributed by atoms with E-state index in [2.05, 4.69) is 4.98 Å². The number of hydrogen-bond acceptors (Lipinski definition) is 3. The summed E-state index contributed by atoms with van der Waals surface area (Å²) in [5.41, 5.74) is 1.63. The standard InChI is InChI=1S/C21H15F3N2O2/c22-21(23,24)16-7-4-14(5-8-16)15-6-9-19-18(11-15)20(27)26(13-28-19)12-17-3-1-2-10-25-17/h1-11H,12-13H2. The molecule has 1 aliphatic rings. The summed E-state index contributed by atoms with van der Waals surface area (Å²) in [7, 11) is 0. The lowest BCUT2D eigenvalue weighted by atomic mass is 10.00. The number of amides is 1. The number of pyridine rings is 1. The van der Waals surface area contributed by atoms with Gasteiger partial charge in [-0.2, -0.15) is 13.2 Å². The second kappa shape index (κ2) is 6.99. The Hall–Kier alpha value is -3.35. The smallest absolute Gasteiger partial charge is 0.416 e. The van der Waals surface area contributed by atoms with Crippen molar-refractivity contribution in [3.63, 3.8) is 0 Å². The molecule has 3 aromatic rings. The lowest BCUT2D eigenvalue weighted by Crippen LogP contribution is -2.38. The van der Waals surface area contributed by atoms with E-state index in [1.807, 2.05) is 12.1 Å².